The summed E-state index contributed by atoms with van der Waals surface area (Å²) in [5.74, 6) is 7.92. The van der Waals surface area contributed by atoms with E-state index in [2.05, 4.69) is 26.8 Å². The summed E-state index contributed by atoms with van der Waals surface area (Å²) in [6, 6.07) is 0. The lowest BCUT2D eigenvalue weighted by Gasteiger charge is -2.50. The van der Waals surface area contributed by atoms with Gasteiger partial charge in [0.1, 0.15) is 0 Å². The Morgan fingerprint density at radius 3 is 2.46 bits per heavy atom. The van der Waals surface area contributed by atoms with Crippen LogP contribution in [0.15, 0.2) is 11.6 Å². The smallest absolute Gasteiger partial charge is 0.0373 e. The Morgan fingerprint density at radius 1 is 0.885 bits per heavy atom. The Hall–Kier alpha value is 0.0300. The molecule has 0 N–H and O–H groups in total. The summed E-state index contributed by atoms with van der Waals surface area (Å²) in [5.41, 5.74) is 1.76. The van der Waals surface area contributed by atoms with Crippen molar-refractivity contribution in [2.45, 2.75) is 96.8 Å². The molecule has 26 heavy (non-hydrogen) atoms. The van der Waals surface area contributed by atoms with Crippen molar-refractivity contribution in [1.82, 2.24) is 0 Å². The molecule has 0 saturated heterocycles. The van der Waals surface area contributed by atoms with Crippen LogP contribution in [0.3, 0.4) is 0 Å². The Labute approximate surface area is 167 Å². The summed E-state index contributed by atoms with van der Waals surface area (Å²) in [6.45, 7) is 7.33. The van der Waals surface area contributed by atoms with Crippen LogP contribution in [0.2, 0.25) is 0 Å². The number of rotatable bonds is 5. The van der Waals surface area contributed by atoms with Gasteiger partial charge in [-0.15, -0.1) is 11.6 Å². The second-order valence-electron chi connectivity index (χ2n) is 10.8. The molecular weight excluding hydrogens is 336 g/mol. The van der Waals surface area contributed by atoms with Crippen molar-refractivity contribution in [3.05, 3.63) is 11.6 Å². The van der Waals surface area contributed by atoms with E-state index in [0.29, 0.717) is 5.38 Å². The molecular formula is C25H41Cl. The van der Waals surface area contributed by atoms with Crippen LogP contribution in [0.25, 0.3) is 0 Å². The monoisotopic (exact) mass is 376 g/mol. The van der Waals surface area contributed by atoms with Crippen LogP contribution < -0.4 is 0 Å². The minimum absolute atomic E-state index is 0.424. The standard InChI is InChI=1S/C25H41Cl/c1-16(2)5-4-6-17(3)20-11-12-25-22(20)13-14-23-21-10-8-19(26)15-18(21)7-9-24(23)25/h7,16-17,19-25H,4-6,8-15H2,1-3H3. The minimum Gasteiger partial charge on any atom is -0.123 e. The highest BCUT2D eigenvalue weighted by atomic mass is 35.5. The highest BCUT2D eigenvalue weighted by molar-refractivity contribution is 6.20. The maximum absolute atomic E-state index is 6.47. The molecule has 0 radical (unpaired) electrons. The van der Waals surface area contributed by atoms with Gasteiger partial charge in [0.15, 0.2) is 0 Å². The first kappa shape index (κ1) is 19.4. The Balaban J connectivity index is 1.39. The predicted molar refractivity (Wildman–Crippen MR) is 113 cm³/mol. The van der Waals surface area contributed by atoms with Gasteiger partial charge in [-0.1, -0.05) is 51.7 Å². The maximum atomic E-state index is 6.47. The molecule has 0 spiro atoms. The minimum atomic E-state index is 0.424. The third kappa shape index (κ3) is 3.78. The van der Waals surface area contributed by atoms with Gasteiger partial charge >= 0.3 is 0 Å². The summed E-state index contributed by atoms with van der Waals surface area (Å²) >= 11 is 6.47. The van der Waals surface area contributed by atoms with Crippen molar-refractivity contribution in [3.63, 3.8) is 0 Å². The second kappa shape index (κ2) is 8.18. The van der Waals surface area contributed by atoms with Crippen molar-refractivity contribution >= 4 is 11.6 Å². The van der Waals surface area contributed by atoms with E-state index in [1.165, 1.54) is 57.8 Å². The van der Waals surface area contributed by atoms with Crippen molar-refractivity contribution < 1.29 is 0 Å². The van der Waals surface area contributed by atoms with E-state index in [9.17, 15) is 0 Å². The van der Waals surface area contributed by atoms with E-state index in [4.69, 9.17) is 11.6 Å². The van der Waals surface area contributed by atoms with Crippen molar-refractivity contribution in [3.8, 4) is 0 Å². The number of hydrogen-bond acceptors (Lipinski definition) is 0. The van der Waals surface area contributed by atoms with E-state index in [1.54, 1.807) is 18.4 Å². The van der Waals surface area contributed by atoms with Gasteiger partial charge in [-0.2, -0.15) is 0 Å². The van der Waals surface area contributed by atoms with Crippen LogP contribution in [0.4, 0.5) is 0 Å². The highest BCUT2D eigenvalue weighted by Crippen LogP contribution is 2.59. The molecule has 4 aliphatic carbocycles. The normalized spacial score (nSPS) is 43.4. The van der Waals surface area contributed by atoms with Crippen LogP contribution in [-0.2, 0) is 0 Å². The van der Waals surface area contributed by atoms with Gasteiger partial charge < -0.3 is 0 Å². The predicted octanol–water partition coefficient (Wildman–Crippen LogP) is 7.86. The second-order valence-corrected chi connectivity index (χ2v) is 11.4. The average Bonchev–Trinajstić information content (AvgIpc) is 3.05. The average molecular weight is 377 g/mol. The first-order valence-corrected chi connectivity index (χ1v) is 12.3. The molecule has 0 aliphatic heterocycles. The number of hydrogen-bond donors (Lipinski definition) is 0. The Morgan fingerprint density at radius 2 is 1.65 bits per heavy atom. The van der Waals surface area contributed by atoms with Gasteiger partial charge in [0.25, 0.3) is 0 Å². The molecule has 0 amide bonds. The molecule has 8 unspecified atom stereocenters. The van der Waals surface area contributed by atoms with Gasteiger partial charge in [-0.3, -0.25) is 0 Å². The van der Waals surface area contributed by atoms with Crippen LogP contribution >= 0.6 is 11.6 Å². The highest BCUT2D eigenvalue weighted by Gasteiger charge is 2.50. The van der Waals surface area contributed by atoms with Crippen LogP contribution in [0.5, 0.6) is 0 Å². The summed E-state index contributed by atoms with van der Waals surface area (Å²) in [4.78, 5) is 0. The van der Waals surface area contributed by atoms with Crippen LogP contribution in [0, 0.1) is 47.3 Å². The topological polar surface area (TPSA) is 0 Å². The van der Waals surface area contributed by atoms with E-state index in [0.717, 1.165) is 47.3 Å². The molecule has 0 bridgehead atoms. The third-order valence-corrected chi connectivity index (χ3v) is 9.30. The Bertz CT molecular complexity index is 506. The molecule has 4 aliphatic rings. The summed E-state index contributed by atoms with van der Waals surface area (Å²) in [5, 5.41) is 0.424. The Kier molecular flexibility index (Phi) is 6.09. The number of alkyl halides is 1. The number of fused-ring (bicyclic) bond motifs is 5. The van der Waals surface area contributed by atoms with E-state index < -0.39 is 0 Å². The largest absolute Gasteiger partial charge is 0.123 e. The van der Waals surface area contributed by atoms with E-state index in [-0.39, 0.29) is 0 Å². The maximum Gasteiger partial charge on any atom is 0.0373 e. The van der Waals surface area contributed by atoms with Crippen molar-refractivity contribution in [1.29, 1.82) is 0 Å². The van der Waals surface area contributed by atoms with Gasteiger partial charge in [0.2, 0.25) is 0 Å². The van der Waals surface area contributed by atoms with Crippen molar-refractivity contribution in [2.24, 2.45) is 47.3 Å². The molecule has 148 valence electrons. The molecule has 0 aromatic carbocycles. The zero-order valence-electron chi connectivity index (χ0n) is 17.4. The molecule has 3 fully saturated rings. The van der Waals surface area contributed by atoms with Crippen LogP contribution in [0.1, 0.15) is 91.4 Å². The first-order valence-electron chi connectivity index (χ1n) is 11.9. The SMILES string of the molecule is CC(C)CCCC(C)C1CCC2C1CCC1C3CCC(Cl)CC3=CCC12. The molecule has 8 atom stereocenters. The lowest BCUT2D eigenvalue weighted by molar-refractivity contribution is 0.0420. The molecule has 0 aromatic rings. The quantitative estimate of drug-likeness (QED) is 0.338. The van der Waals surface area contributed by atoms with E-state index in [1.807, 2.05) is 0 Å². The van der Waals surface area contributed by atoms with E-state index >= 15 is 0 Å². The van der Waals surface area contributed by atoms with Crippen LogP contribution in [-0.4, -0.2) is 5.38 Å². The third-order valence-electron chi connectivity index (χ3n) is 8.93. The zero-order chi connectivity index (χ0) is 18.3. The lowest BCUT2D eigenvalue weighted by atomic mass is 9.56. The number of halogens is 1. The molecule has 4 rings (SSSR count). The molecule has 0 nitrogen and oxygen atoms in total. The van der Waals surface area contributed by atoms with Gasteiger partial charge in [0.05, 0.1) is 0 Å². The fourth-order valence-corrected chi connectivity index (χ4v) is 7.99. The first-order chi connectivity index (χ1) is 12.5. The van der Waals surface area contributed by atoms with Gasteiger partial charge in [0, 0.05) is 5.38 Å². The zero-order valence-corrected chi connectivity index (χ0v) is 18.2. The van der Waals surface area contributed by atoms with Gasteiger partial charge in [-0.25, -0.2) is 0 Å². The summed E-state index contributed by atoms with van der Waals surface area (Å²) < 4.78 is 0. The fraction of sp³-hybridized carbons (Fsp3) is 0.920. The molecule has 0 aromatic heterocycles. The summed E-state index contributed by atoms with van der Waals surface area (Å²) in [7, 11) is 0. The summed E-state index contributed by atoms with van der Waals surface area (Å²) in [6.07, 6.45) is 18.4. The van der Waals surface area contributed by atoms with Gasteiger partial charge in [-0.05, 0) is 98.7 Å². The number of allylic oxidation sites excluding steroid dienone is 2. The molecule has 0 heterocycles. The molecule has 3 saturated carbocycles. The fourth-order valence-electron chi connectivity index (χ4n) is 7.69. The lowest BCUT2D eigenvalue weighted by Crippen LogP contribution is -2.41. The van der Waals surface area contributed by atoms with Crippen molar-refractivity contribution in [2.75, 3.05) is 0 Å². The molecule has 1 heteroatoms.